The maximum atomic E-state index is 13.8. The van der Waals surface area contributed by atoms with Crippen LogP contribution in [0, 0.1) is 5.82 Å². The van der Waals surface area contributed by atoms with Crippen molar-refractivity contribution < 1.29 is 23.5 Å². The number of aromatic nitrogens is 1. The highest BCUT2D eigenvalue weighted by molar-refractivity contribution is 6.44. The first kappa shape index (κ1) is 31.8. The first-order valence-electron chi connectivity index (χ1n) is 12.5. The third-order valence-corrected chi connectivity index (χ3v) is 6.58. The van der Waals surface area contributed by atoms with Gasteiger partial charge in [0.15, 0.2) is 0 Å². The molecule has 9 nitrogen and oxygen atoms in total. The number of pyridine rings is 1. The molecule has 0 saturated heterocycles. The molecule has 1 aliphatic rings. The van der Waals surface area contributed by atoms with E-state index in [4.69, 9.17) is 39.5 Å². The Morgan fingerprint density at radius 3 is 2.37 bits per heavy atom. The summed E-state index contributed by atoms with van der Waals surface area (Å²) in [6.07, 6.45) is 0.382. The van der Waals surface area contributed by atoms with Crippen molar-refractivity contribution in [1.29, 1.82) is 0 Å². The van der Waals surface area contributed by atoms with Crippen LogP contribution >= 0.6 is 34.8 Å². The number of hydrogen-bond donors (Lipinski definition) is 2. The summed E-state index contributed by atoms with van der Waals surface area (Å²) < 4.78 is 19.1. The summed E-state index contributed by atoms with van der Waals surface area (Å²) in [6.45, 7) is 7.45. The number of carbonyl (C=O) groups is 3. The van der Waals surface area contributed by atoms with Crippen molar-refractivity contribution in [3.05, 3.63) is 86.2 Å². The number of para-hydroxylation sites is 1. The number of fused-ring (bicyclic) bond motifs is 1. The molecular formula is C28H27Cl3FN5O4. The maximum absolute atomic E-state index is 13.8. The number of carbonyl (C=O) groups excluding carboxylic acids is 3. The largest absolute Gasteiger partial charge is 0.477 e. The standard InChI is InChI=1S/C23H16Cl3FN4O3.C5H11NO/c1-2-34-23-14(9-12(27)10-28-23)21(32)31-20-22(33)29-17-6-4-3-5-13(17)19(30-20)18-15(25)7-11(24)8-16(18)26;1-3-6(4-2)5-7/h3-10,20H,2H2,1H3,(H,29,33)(H,31,32);5H,3-4H2,1-2H3. The first-order chi connectivity index (χ1) is 19.6. The highest BCUT2D eigenvalue weighted by atomic mass is 35.5. The molecular weight excluding hydrogens is 596 g/mol. The van der Waals surface area contributed by atoms with E-state index in [9.17, 15) is 18.8 Å². The Morgan fingerprint density at radius 1 is 1.12 bits per heavy atom. The highest BCUT2D eigenvalue weighted by Gasteiger charge is 2.30. The summed E-state index contributed by atoms with van der Waals surface area (Å²) in [5.41, 5.74) is 1.37. The summed E-state index contributed by atoms with van der Waals surface area (Å²) in [7, 11) is 0. The molecule has 0 aliphatic carbocycles. The van der Waals surface area contributed by atoms with Crippen molar-refractivity contribution >= 4 is 64.4 Å². The molecule has 1 unspecified atom stereocenters. The van der Waals surface area contributed by atoms with Crippen molar-refractivity contribution in [3.8, 4) is 5.88 Å². The molecule has 2 N–H and O–H groups in total. The van der Waals surface area contributed by atoms with Gasteiger partial charge < -0.3 is 20.3 Å². The molecule has 3 aromatic rings. The Balaban J connectivity index is 0.000000587. The van der Waals surface area contributed by atoms with Crippen LogP contribution in [0.2, 0.25) is 15.1 Å². The van der Waals surface area contributed by atoms with Gasteiger partial charge in [-0.2, -0.15) is 0 Å². The van der Waals surface area contributed by atoms with Crippen LogP contribution in [0.25, 0.3) is 0 Å². The summed E-state index contributed by atoms with van der Waals surface area (Å²) >= 11 is 18.9. The third-order valence-electron chi connectivity index (χ3n) is 5.76. The van der Waals surface area contributed by atoms with Gasteiger partial charge in [-0.3, -0.25) is 14.4 Å². The van der Waals surface area contributed by atoms with Crippen LogP contribution < -0.4 is 15.4 Å². The molecule has 216 valence electrons. The second kappa shape index (κ2) is 14.8. The number of amides is 3. The number of aliphatic imine (C=N–C) groups is 1. The van der Waals surface area contributed by atoms with Crippen LogP contribution in [0.15, 0.2) is 53.7 Å². The van der Waals surface area contributed by atoms with E-state index < -0.39 is 23.8 Å². The van der Waals surface area contributed by atoms with Crippen LogP contribution in [0.1, 0.15) is 42.3 Å². The zero-order valence-electron chi connectivity index (χ0n) is 22.4. The monoisotopic (exact) mass is 621 g/mol. The number of halogens is 4. The zero-order chi connectivity index (χ0) is 30.1. The van der Waals surface area contributed by atoms with Crippen molar-refractivity contribution in [3.63, 3.8) is 0 Å². The normalized spacial score (nSPS) is 13.9. The van der Waals surface area contributed by atoms with Gasteiger partial charge in [0.05, 0.1) is 34.2 Å². The summed E-state index contributed by atoms with van der Waals surface area (Å²) in [5.74, 6) is -2.25. The van der Waals surface area contributed by atoms with E-state index in [1.54, 1.807) is 36.1 Å². The van der Waals surface area contributed by atoms with Crippen LogP contribution in [0.4, 0.5) is 10.1 Å². The van der Waals surface area contributed by atoms with Gasteiger partial charge in [0, 0.05) is 29.2 Å². The predicted molar refractivity (Wildman–Crippen MR) is 158 cm³/mol. The van der Waals surface area contributed by atoms with Gasteiger partial charge in [-0.1, -0.05) is 53.0 Å². The quantitative estimate of drug-likeness (QED) is 0.317. The number of rotatable bonds is 8. The lowest BCUT2D eigenvalue weighted by molar-refractivity contribution is -0.118. The topological polar surface area (TPSA) is 113 Å². The molecule has 2 heterocycles. The fourth-order valence-electron chi connectivity index (χ4n) is 3.74. The van der Waals surface area contributed by atoms with Crippen molar-refractivity contribution in [2.24, 2.45) is 4.99 Å². The molecule has 13 heteroatoms. The minimum atomic E-state index is -1.41. The Hall–Kier alpha value is -3.73. The second-order valence-electron chi connectivity index (χ2n) is 8.40. The number of anilines is 1. The number of ether oxygens (including phenoxy) is 1. The molecule has 41 heavy (non-hydrogen) atoms. The molecule has 3 amide bonds. The molecule has 1 atom stereocenters. The number of hydrogen-bond acceptors (Lipinski definition) is 6. The Bertz CT molecular complexity index is 1440. The van der Waals surface area contributed by atoms with Gasteiger partial charge in [0.1, 0.15) is 11.4 Å². The van der Waals surface area contributed by atoms with Gasteiger partial charge in [-0.15, -0.1) is 0 Å². The summed E-state index contributed by atoms with van der Waals surface area (Å²) in [4.78, 5) is 45.9. The molecule has 1 aromatic heterocycles. The highest BCUT2D eigenvalue weighted by Crippen LogP contribution is 2.34. The lowest BCUT2D eigenvalue weighted by Crippen LogP contribution is -2.42. The van der Waals surface area contributed by atoms with Gasteiger partial charge >= 0.3 is 0 Å². The molecule has 2 aromatic carbocycles. The molecule has 0 saturated carbocycles. The van der Waals surface area contributed by atoms with Crippen LogP contribution in [0.3, 0.4) is 0 Å². The SMILES string of the molecule is CCN(C=O)CC.CCOc1ncc(F)cc1C(=O)NC1N=C(c2c(Cl)cc(Cl)cc2Cl)c2ccccc2NC1=O. The lowest BCUT2D eigenvalue weighted by atomic mass is 10.0. The van der Waals surface area contributed by atoms with E-state index in [0.29, 0.717) is 21.8 Å². The molecule has 0 fully saturated rings. The molecule has 0 radical (unpaired) electrons. The molecule has 0 spiro atoms. The van der Waals surface area contributed by atoms with E-state index in [1.807, 2.05) is 13.8 Å². The average molecular weight is 623 g/mol. The minimum Gasteiger partial charge on any atom is -0.477 e. The van der Waals surface area contributed by atoms with Gasteiger partial charge in [-0.25, -0.2) is 14.4 Å². The van der Waals surface area contributed by atoms with E-state index in [-0.39, 0.29) is 33.8 Å². The smallest absolute Gasteiger partial charge is 0.269 e. The minimum absolute atomic E-state index is 0.0771. The fraction of sp³-hybridized carbons (Fsp3) is 0.250. The van der Waals surface area contributed by atoms with Crippen molar-refractivity contribution in [2.45, 2.75) is 26.9 Å². The second-order valence-corrected chi connectivity index (χ2v) is 9.65. The van der Waals surface area contributed by atoms with Crippen LogP contribution in [-0.2, 0) is 9.59 Å². The zero-order valence-corrected chi connectivity index (χ0v) is 24.6. The van der Waals surface area contributed by atoms with Crippen molar-refractivity contribution in [2.75, 3.05) is 25.0 Å². The Morgan fingerprint density at radius 2 is 1.78 bits per heavy atom. The van der Waals surface area contributed by atoms with Crippen LogP contribution in [0.5, 0.6) is 5.88 Å². The number of benzodiazepines with no additional fused rings is 1. The Kier molecular flexibility index (Phi) is 11.5. The maximum Gasteiger partial charge on any atom is 0.269 e. The lowest BCUT2D eigenvalue weighted by Gasteiger charge is -2.15. The first-order valence-corrected chi connectivity index (χ1v) is 13.7. The van der Waals surface area contributed by atoms with Gasteiger partial charge in [0.2, 0.25) is 18.5 Å². The van der Waals surface area contributed by atoms with Gasteiger partial charge in [-0.05, 0) is 45.0 Å². The number of nitrogens with one attached hydrogen (secondary N) is 2. The number of nitrogens with zero attached hydrogens (tertiary/aromatic N) is 3. The number of benzene rings is 2. The van der Waals surface area contributed by atoms with Crippen LogP contribution in [-0.4, -0.2) is 59.7 Å². The predicted octanol–water partition coefficient (Wildman–Crippen LogP) is 5.61. The summed E-state index contributed by atoms with van der Waals surface area (Å²) in [6, 6.07) is 10.8. The average Bonchev–Trinajstić information content (AvgIpc) is 3.07. The third kappa shape index (κ3) is 7.93. The molecule has 4 rings (SSSR count). The molecule has 1 aliphatic heterocycles. The van der Waals surface area contributed by atoms with Crippen molar-refractivity contribution in [1.82, 2.24) is 15.2 Å². The summed E-state index contributed by atoms with van der Waals surface area (Å²) in [5, 5.41) is 5.96. The molecule has 0 bridgehead atoms. The Labute approximate surface area is 251 Å². The van der Waals surface area contributed by atoms with E-state index in [0.717, 1.165) is 31.8 Å². The fourth-order valence-corrected chi connectivity index (χ4v) is 4.73. The van der Waals surface area contributed by atoms with E-state index >= 15 is 0 Å². The van der Waals surface area contributed by atoms with E-state index in [1.165, 1.54) is 12.1 Å². The van der Waals surface area contributed by atoms with E-state index in [2.05, 4.69) is 20.6 Å². The van der Waals surface area contributed by atoms with Gasteiger partial charge in [0.25, 0.3) is 11.8 Å².